The van der Waals surface area contributed by atoms with Crippen LogP contribution in [0.15, 0.2) is 30.3 Å². The summed E-state index contributed by atoms with van der Waals surface area (Å²) in [7, 11) is 0. The summed E-state index contributed by atoms with van der Waals surface area (Å²) in [6, 6.07) is 11.0. The van der Waals surface area contributed by atoms with Crippen molar-refractivity contribution in [3.05, 3.63) is 52.6 Å². The molecule has 1 amide bonds. The average molecular weight is 506 g/mol. The lowest BCUT2D eigenvalue weighted by atomic mass is 9.97. The molecule has 6 nitrogen and oxygen atoms in total. The second kappa shape index (κ2) is 10.8. The highest BCUT2D eigenvalue weighted by Crippen LogP contribution is 2.33. The van der Waals surface area contributed by atoms with Gasteiger partial charge in [0.05, 0.1) is 16.1 Å². The van der Waals surface area contributed by atoms with Gasteiger partial charge in [-0.25, -0.2) is 4.98 Å². The molecule has 0 radical (unpaired) electrons. The van der Waals surface area contributed by atoms with Gasteiger partial charge in [0.15, 0.2) is 5.13 Å². The summed E-state index contributed by atoms with van der Waals surface area (Å²) in [5.41, 5.74) is 7.71. The molecule has 0 unspecified atom stereocenters. The van der Waals surface area contributed by atoms with E-state index in [1.54, 1.807) is 11.3 Å². The number of nitrogens with one attached hydrogen (secondary N) is 1. The van der Waals surface area contributed by atoms with Gasteiger partial charge < -0.3 is 15.1 Å². The highest BCUT2D eigenvalue weighted by Gasteiger charge is 2.28. The summed E-state index contributed by atoms with van der Waals surface area (Å²) < 4.78 is 1.24. The van der Waals surface area contributed by atoms with Crippen molar-refractivity contribution in [1.29, 1.82) is 0 Å². The lowest BCUT2D eigenvalue weighted by Gasteiger charge is -2.37. The summed E-state index contributed by atoms with van der Waals surface area (Å²) >= 11 is 1.76. The average Bonchev–Trinajstić information content (AvgIpc) is 3.31. The minimum Gasteiger partial charge on any atom is -0.369 e. The van der Waals surface area contributed by atoms with Crippen molar-refractivity contribution in [3.8, 4) is 0 Å². The number of piperidine rings is 1. The van der Waals surface area contributed by atoms with Crippen LogP contribution in [0, 0.1) is 33.6 Å². The number of aromatic nitrogens is 1. The van der Waals surface area contributed by atoms with Crippen LogP contribution >= 0.6 is 11.3 Å². The number of benzene rings is 2. The maximum absolute atomic E-state index is 13.0. The lowest BCUT2D eigenvalue weighted by molar-refractivity contribution is -0.125. The first-order valence-corrected chi connectivity index (χ1v) is 14.1. The Morgan fingerprint density at radius 1 is 1.03 bits per heavy atom. The second-order valence-corrected chi connectivity index (χ2v) is 11.6. The van der Waals surface area contributed by atoms with E-state index in [0.717, 1.165) is 75.8 Å². The van der Waals surface area contributed by atoms with Gasteiger partial charge in [-0.1, -0.05) is 29.5 Å². The van der Waals surface area contributed by atoms with E-state index in [4.69, 9.17) is 4.98 Å². The number of anilines is 2. The van der Waals surface area contributed by atoms with E-state index in [1.165, 1.54) is 32.6 Å². The van der Waals surface area contributed by atoms with Crippen LogP contribution in [0.3, 0.4) is 0 Å². The zero-order valence-corrected chi connectivity index (χ0v) is 23.0. The van der Waals surface area contributed by atoms with Gasteiger partial charge in [-0.15, -0.1) is 0 Å². The van der Waals surface area contributed by atoms with Crippen molar-refractivity contribution in [1.82, 2.24) is 15.2 Å². The van der Waals surface area contributed by atoms with Crippen molar-refractivity contribution < 1.29 is 4.79 Å². The molecule has 0 aliphatic carbocycles. The van der Waals surface area contributed by atoms with Crippen LogP contribution < -0.4 is 15.1 Å². The van der Waals surface area contributed by atoms with E-state index in [2.05, 4.69) is 78.0 Å². The van der Waals surface area contributed by atoms with Crippen LogP contribution in [0.25, 0.3) is 10.2 Å². The normalized spacial score (nSPS) is 19.2. The van der Waals surface area contributed by atoms with Crippen LogP contribution in [0.2, 0.25) is 0 Å². The summed E-state index contributed by atoms with van der Waals surface area (Å²) in [6.07, 6.45) is 1.99. The molecule has 0 saturated carbocycles. The third-order valence-corrected chi connectivity index (χ3v) is 8.96. The topological polar surface area (TPSA) is 51.7 Å². The number of fused-ring (bicyclic) bond motifs is 1. The standard InChI is InChI=1S/C29H39N5OS/c1-20-17-22(3)27-26(18-20)36-29(31-27)34-11-6-8-24(19-34)28(35)30-10-12-32-13-15-33(16-14-32)25-9-5-7-21(2)23(25)4/h5,7,9,17-18,24H,6,8,10-16,19H2,1-4H3,(H,30,35)/t24-/m1/s1. The Kier molecular flexibility index (Phi) is 7.49. The molecule has 7 heteroatoms. The SMILES string of the molecule is Cc1cc(C)c2nc(N3CCC[C@@H](C(=O)NCCN4CCN(c5cccc(C)c5C)CC4)C3)sc2c1. The summed E-state index contributed by atoms with van der Waals surface area (Å²) in [5.74, 6) is 0.233. The first kappa shape index (κ1) is 25.0. The number of hydrogen-bond donors (Lipinski definition) is 1. The molecule has 2 fully saturated rings. The molecule has 192 valence electrons. The number of aryl methyl sites for hydroxylation is 3. The molecule has 2 aromatic carbocycles. The zero-order valence-electron chi connectivity index (χ0n) is 22.1. The van der Waals surface area contributed by atoms with Gasteiger partial charge in [0, 0.05) is 58.0 Å². The van der Waals surface area contributed by atoms with Gasteiger partial charge in [0.1, 0.15) is 0 Å². The monoisotopic (exact) mass is 505 g/mol. The molecule has 1 atom stereocenters. The number of carbonyl (C=O) groups excluding carboxylic acids is 1. The molecule has 1 N–H and O–H groups in total. The fourth-order valence-corrected chi connectivity index (χ4v) is 6.81. The van der Waals surface area contributed by atoms with E-state index in [1.807, 2.05) is 0 Å². The Balaban J connectivity index is 1.09. The molecule has 0 bridgehead atoms. The van der Waals surface area contributed by atoms with E-state index >= 15 is 0 Å². The Morgan fingerprint density at radius 2 is 1.83 bits per heavy atom. The van der Waals surface area contributed by atoms with Gasteiger partial charge in [-0.3, -0.25) is 9.69 Å². The van der Waals surface area contributed by atoms with E-state index < -0.39 is 0 Å². The smallest absolute Gasteiger partial charge is 0.224 e. The molecule has 3 heterocycles. The van der Waals surface area contributed by atoms with Crippen molar-refractivity contribution in [2.45, 2.75) is 40.5 Å². The Hall–Kier alpha value is -2.64. The molecule has 3 aromatic rings. The van der Waals surface area contributed by atoms with Crippen LogP contribution in [0.5, 0.6) is 0 Å². The Morgan fingerprint density at radius 3 is 2.64 bits per heavy atom. The first-order chi connectivity index (χ1) is 17.4. The largest absolute Gasteiger partial charge is 0.369 e. The van der Waals surface area contributed by atoms with Crippen molar-refractivity contribution in [2.75, 3.05) is 62.2 Å². The van der Waals surface area contributed by atoms with Gasteiger partial charge in [0.2, 0.25) is 5.91 Å². The van der Waals surface area contributed by atoms with Crippen molar-refractivity contribution >= 4 is 38.3 Å². The molecule has 36 heavy (non-hydrogen) atoms. The molecule has 5 rings (SSSR count). The number of carbonyl (C=O) groups is 1. The van der Waals surface area contributed by atoms with Gasteiger partial charge >= 0.3 is 0 Å². The highest BCUT2D eigenvalue weighted by atomic mass is 32.1. The first-order valence-electron chi connectivity index (χ1n) is 13.3. The molecule has 0 spiro atoms. The third kappa shape index (κ3) is 5.37. The minimum atomic E-state index is 0.0368. The third-order valence-electron chi connectivity index (χ3n) is 7.90. The molecular weight excluding hydrogens is 466 g/mol. The number of hydrogen-bond acceptors (Lipinski definition) is 6. The molecule has 2 saturated heterocycles. The van der Waals surface area contributed by atoms with Gasteiger partial charge in [0.25, 0.3) is 0 Å². The van der Waals surface area contributed by atoms with Crippen LogP contribution in [0.4, 0.5) is 10.8 Å². The molecule has 1 aromatic heterocycles. The predicted molar refractivity (Wildman–Crippen MR) is 152 cm³/mol. The Bertz CT molecular complexity index is 1230. The molecule has 2 aliphatic rings. The van der Waals surface area contributed by atoms with E-state index in [-0.39, 0.29) is 11.8 Å². The maximum Gasteiger partial charge on any atom is 0.224 e. The number of piperazine rings is 1. The molecule has 2 aliphatic heterocycles. The number of amides is 1. The zero-order chi connectivity index (χ0) is 25.2. The lowest BCUT2D eigenvalue weighted by Crippen LogP contribution is -2.49. The van der Waals surface area contributed by atoms with Crippen molar-refractivity contribution in [2.24, 2.45) is 5.92 Å². The van der Waals surface area contributed by atoms with Crippen molar-refractivity contribution in [3.63, 3.8) is 0 Å². The fraction of sp³-hybridized carbons (Fsp3) is 0.517. The maximum atomic E-state index is 13.0. The Labute approximate surface area is 219 Å². The van der Waals surface area contributed by atoms with Crippen LogP contribution in [-0.4, -0.2) is 68.1 Å². The summed E-state index contributed by atoms with van der Waals surface area (Å²) in [4.78, 5) is 25.2. The minimum absolute atomic E-state index is 0.0368. The van der Waals surface area contributed by atoms with Gasteiger partial charge in [-0.2, -0.15) is 0 Å². The predicted octanol–water partition coefficient (Wildman–Crippen LogP) is 4.68. The number of rotatable bonds is 6. The van der Waals surface area contributed by atoms with Gasteiger partial charge in [-0.05, 0) is 74.9 Å². The van der Waals surface area contributed by atoms with Crippen LogP contribution in [-0.2, 0) is 4.79 Å². The quantitative estimate of drug-likeness (QED) is 0.527. The fourth-order valence-electron chi connectivity index (χ4n) is 5.63. The highest BCUT2D eigenvalue weighted by molar-refractivity contribution is 7.22. The second-order valence-electron chi connectivity index (χ2n) is 10.5. The number of thiazole rings is 1. The molecular formula is C29H39N5OS. The summed E-state index contributed by atoms with van der Waals surface area (Å²) in [5, 5.41) is 4.29. The summed E-state index contributed by atoms with van der Waals surface area (Å²) in [6.45, 7) is 16.2. The van der Waals surface area contributed by atoms with Crippen LogP contribution in [0.1, 0.15) is 35.1 Å². The van der Waals surface area contributed by atoms with E-state index in [9.17, 15) is 4.79 Å². The van der Waals surface area contributed by atoms with E-state index in [0.29, 0.717) is 0 Å². The number of nitrogens with zero attached hydrogens (tertiary/aromatic N) is 4.